The van der Waals surface area contributed by atoms with Gasteiger partial charge in [0.15, 0.2) is 0 Å². The SMILES string of the molecule is CC.CC(=O)NC(C=O)C(C)O.CNC. The summed E-state index contributed by atoms with van der Waals surface area (Å²) in [4.78, 5) is 20.4. The summed E-state index contributed by atoms with van der Waals surface area (Å²) in [5, 5.41) is 13.8. The number of hydrogen-bond acceptors (Lipinski definition) is 4. The Balaban J connectivity index is -0.000000245. The van der Waals surface area contributed by atoms with Gasteiger partial charge in [0.2, 0.25) is 5.91 Å². The standard InChI is InChI=1S/C6H11NO3.C2H7N.C2H6/c1-4(9)6(3-8)7-5(2)10;1-3-2;1-2/h3-4,6,9H,1-2H3,(H,7,10);3H,1-2H3;1-2H3. The van der Waals surface area contributed by atoms with Gasteiger partial charge in [-0.2, -0.15) is 0 Å². The van der Waals surface area contributed by atoms with E-state index < -0.39 is 12.1 Å². The normalized spacial score (nSPS) is 11.9. The van der Waals surface area contributed by atoms with Crippen molar-refractivity contribution in [2.45, 2.75) is 39.8 Å². The van der Waals surface area contributed by atoms with Crippen LogP contribution in [0.2, 0.25) is 0 Å². The topological polar surface area (TPSA) is 78.4 Å². The molecule has 3 N–H and O–H groups in total. The number of aldehydes is 1. The molecular formula is C10H24N2O3. The summed E-state index contributed by atoms with van der Waals surface area (Å²) < 4.78 is 0. The Bertz CT molecular complexity index is 150. The maximum atomic E-state index is 10.3. The predicted octanol–water partition coefficient (Wildman–Crippen LogP) is -0.0674. The molecule has 0 aromatic heterocycles. The molecule has 0 aliphatic carbocycles. The second-order valence-corrected chi connectivity index (χ2v) is 2.60. The Morgan fingerprint density at radius 2 is 1.67 bits per heavy atom. The lowest BCUT2D eigenvalue weighted by atomic mass is 10.2. The predicted molar refractivity (Wildman–Crippen MR) is 61.7 cm³/mol. The van der Waals surface area contributed by atoms with E-state index in [1.807, 2.05) is 27.9 Å². The van der Waals surface area contributed by atoms with Gasteiger partial charge in [0, 0.05) is 6.92 Å². The van der Waals surface area contributed by atoms with Gasteiger partial charge in [-0.25, -0.2) is 0 Å². The molecule has 0 spiro atoms. The first-order chi connectivity index (χ1) is 6.99. The zero-order valence-electron chi connectivity index (χ0n) is 10.5. The van der Waals surface area contributed by atoms with Crippen LogP contribution in [-0.2, 0) is 9.59 Å². The van der Waals surface area contributed by atoms with Crippen molar-refractivity contribution in [3.8, 4) is 0 Å². The molecule has 0 saturated carbocycles. The van der Waals surface area contributed by atoms with E-state index in [9.17, 15) is 9.59 Å². The minimum Gasteiger partial charge on any atom is -0.391 e. The van der Waals surface area contributed by atoms with Crippen molar-refractivity contribution >= 4 is 12.2 Å². The quantitative estimate of drug-likeness (QED) is 0.582. The lowest BCUT2D eigenvalue weighted by Crippen LogP contribution is -2.42. The minimum atomic E-state index is -0.832. The molecule has 0 aliphatic heterocycles. The minimum absolute atomic E-state index is 0.321. The van der Waals surface area contributed by atoms with Crippen molar-refractivity contribution in [2.75, 3.05) is 14.1 Å². The molecule has 0 bridgehead atoms. The van der Waals surface area contributed by atoms with Gasteiger partial charge in [0.05, 0.1) is 6.10 Å². The van der Waals surface area contributed by atoms with Crippen LogP contribution in [0.15, 0.2) is 0 Å². The van der Waals surface area contributed by atoms with Crippen LogP contribution in [0.3, 0.4) is 0 Å². The van der Waals surface area contributed by atoms with Gasteiger partial charge < -0.3 is 20.5 Å². The third-order valence-electron chi connectivity index (χ3n) is 1.04. The average molecular weight is 220 g/mol. The van der Waals surface area contributed by atoms with E-state index in [0.717, 1.165) is 0 Å². The first kappa shape index (κ1) is 19.6. The molecule has 2 atom stereocenters. The molecule has 0 radical (unpaired) electrons. The van der Waals surface area contributed by atoms with Gasteiger partial charge in [-0.3, -0.25) is 4.79 Å². The fourth-order valence-corrected chi connectivity index (χ4v) is 0.503. The van der Waals surface area contributed by atoms with Crippen molar-refractivity contribution < 1.29 is 14.7 Å². The molecular weight excluding hydrogens is 196 g/mol. The van der Waals surface area contributed by atoms with E-state index in [1.165, 1.54) is 13.8 Å². The number of aliphatic hydroxyl groups excluding tert-OH is 1. The van der Waals surface area contributed by atoms with E-state index in [2.05, 4.69) is 10.6 Å². The molecule has 5 heteroatoms. The van der Waals surface area contributed by atoms with Crippen molar-refractivity contribution in [1.82, 2.24) is 10.6 Å². The Hall–Kier alpha value is -0.940. The molecule has 0 aliphatic rings. The van der Waals surface area contributed by atoms with Gasteiger partial charge in [-0.1, -0.05) is 13.8 Å². The van der Waals surface area contributed by atoms with Crippen molar-refractivity contribution in [3.63, 3.8) is 0 Å². The first-order valence-electron chi connectivity index (χ1n) is 4.98. The summed E-state index contributed by atoms with van der Waals surface area (Å²) in [6.07, 6.45) is -0.326. The third kappa shape index (κ3) is 19.5. The Labute approximate surface area is 92.3 Å². The van der Waals surface area contributed by atoms with E-state index in [1.54, 1.807) is 0 Å². The molecule has 0 aromatic carbocycles. The fraction of sp³-hybridized carbons (Fsp3) is 0.800. The van der Waals surface area contributed by atoms with Crippen LogP contribution in [0.25, 0.3) is 0 Å². The monoisotopic (exact) mass is 220 g/mol. The van der Waals surface area contributed by atoms with Crippen LogP contribution >= 0.6 is 0 Å². The number of hydrogen-bond donors (Lipinski definition) is 3. The molecule has 15 heavy (non-hydrogen) atoms. The van der Waals surface area contributed by atoms with Crippen LogP contribution in [0.5, 0.6) is 0 Å². The van der Waals surface area contributed by atoms with Gasteiger partial charge in [0.1, 0.15) is 12.3 Å². The van der Waals surface area contributed by atoms with E-state index in [0.29, 0.717) is 6.29 Å². The van der Waals surface area contributed by atoms with Gasteiger partial charge in [0.25, 0.3) is 0 Å². The highest BCUT2D eigenvalue weighted by atomic mass is 16.3. The molecule has 0 saturated heterocycles. The maximum absolute atomic E-state index is 10.3. The highest BCUT2D eigenvalue weighted by Gasteiger charge is 2.13. The summed E-state index contributed by atoms with van der Waals surface area (Å²) >= 11 is 0. The summed E-state index contributed by atoms with van der Waals surface area (Å²) in [5.74, 6) is -0.321. The van der Waals surface area contributed by atoms with Crippen LogP contribution < -0.4 is 10.6 Å². The van der Waals surface area contributed by atoms with Gasteiger partial charge >= 0.3 is 0 Å². The molecule has 92 valence electrons. The number of rotatable bonds is 3. The molecule has 0 fully saturated rings. The van der Waals surface area contributed by atoms with Crippen LogP contribution in [-0.4, -0.2) is 43.5 Å². The summed E-state index contributed by atoms with van der Waals surface area (Å²) in [6.45, 7) is 6.73. The van der Waals surface area contributed by atoms with Crippen LogP contribution in [0.4, 0.5) is 0 Å². The van der Waals surface area contributed by atoms with Crippen molar-refractivity contribution in [1.29, 1.82) is 0 Å². The van der Waals surface area contributed by atoms with Crippen LogP contribution in [0, 0.1) is 0 Å². The lowest BCUT2D eigenvalue weighted by Gasteiger charge is -2.12. The van der Waals surface area contributed by atoms with Gasteiger partial charge in [-0.05, 0) is 21.0 Å². The summed E-state index contributed by atoms with van der Waals surface area (Å²) in [6, 6.07) is -0.780. The molecule has 2 unspecified atom stereocenters. The van der Waals surface area contributed by atoms with Crippen molar-refractivity contribution in [2.24, 2.45) is 0 Å². The third-order valence-corrected chi connectivity index (χ3v) is 1.04. The Morgan fingerprint density at radius 3 is 1.73 bits per heavy atom. The number of nitrogens with one attached hydrogen (secondary N) is 2. The maximum Gasteiger partial charge on any atom is 0.217 e. The molecule has 5 nitrogen and oxygen atoms in total. The highest BCUT2D eigenvalue weighted by molar-refractivity contribution is 5.77. The van der Waals surface area contributed by atoms with Crippen molar-refractivity contribution in [3.05, 3.63) is 0 Å². The highest BCUT2D eigenvalue weighted by Crippen LogP contribution is 1.87. The Morgan fingerprint density at radius 1 is 1.33 bits per heavy atom. The number of amides is 1. The first-order valence-corrected chi connectivity index (χ1v) is 4.98. The molecule has 0 heterocycles. The zero-order valence-corrected chi connectivity index (χ0v) is 10.5. The summed E-state index contributed by atoms with van der Waals surface area (Å²) in [5.41, 5.74) is 0. The Kier molecular flexibility index (Phi) is 20.3. The van der Waals surface area contributed by atoms with E-state index in [-0.39, 0.29) is 5.91 Å². The lowest BCUT2D eigenvalue weighted by molar-refractivity contribution is -0.123. The molecule has 0 rings (SSSR count). The number of carbonyl (C=O) groups excluding carboxylic acids is 2. The van der Waals surface area contributed by atoms with E-state index >= 15 is 0 Å². The fourth-order valence-electron chi connectivity index (χ4n) is 0.503. The molecule has 1 amide bonds. The molecule has 0 aromatic rings. The number of carbonyl (C=O) groups is 2. The van der Waals surface area contributed by atoms with E-state index in [4.69, 9.17) is 5.11 Å². The second kappa shape index (κ2) is 15.5. The second-order valence-electron chi connectivity index (χ2n) is 2.60. The number of aliphatic hydroxyl groups is 1. The average Bonchev–Trinajstić information content (AvgIpc) is 2.18. The van der Waals surface area contributed by atoms with Gasteiger partial charge in [-0.15, -0.1) is 0 Å². The zero-order chi connectivity index (χ0) is 12.9. The summed E-state index contributed by atoms with van der Waals surface area (Å²) in [7, 11) is 3.75. The largest absolute Gasteiger partial charge is 0.391 e. The van der Waals surface area contributed by atoms with Crippen LogP contribution in [0.1, 0.15) is 27.7 Å². The smallest absolute Gasteiger partial charge is 0.217 e.